The molecule has 2 aliphatic heterocycles. The van der Waals surface area contributed by atoms with E-state index >= 15 is 0 Å². The molecule has 9 heteroatoms. The van der Waals surface area contributed by atoms with Crippen LogP contribution in [0.2, 0.25) is 0 Å². The van der Waals surface area contributed by atoms with Crippen LogP contribution in [0, 0.1) is 6.92 Å². The number of benzene rings is 1. The third-order valence-electron chi connectivity index (χ3n) is 6.29. The number of carbonyl (C=O) groups is 1. The first-order valence-corrected chi connectivity index (χ1v) is 13.2. The highest BCUT2D eigenvalue weighted by Gasteiger charge is 2.33. The predicted octanol–water partition coefficient (Wildman–Crippen LogP) is 1.56. The Morgan fingerprint density at radius 3 is 2.72 bits per heavy atom. The molecule has 0 saturated carbocycles. The summed E-state index contributed by atoms with van der Waals surface area (Å²) in [6.07, 6.45) is 5.39. The van der Waals surface area contributed by atoms with Crippen molar-refractivity contribution in [1.29, 1.82) is 0 Å². The van der Waals surface area contributed by atoms with Crippen molar-refractivity contribution in [3.63, 3.8) is 0 Å². The molecule has 180 valence electrons. The number of amides is 1. The van der Waals surface area contributed by atoms with Crippen molar-refractivity contribution in [2.24, 2.45) is 0 Å². The highest BCUT2D eigenvalue weighted by molar-refractivity contribution is 7.89. The average molecular weight is 468 g/mol. The van der Waals surface area contributed by atoms with Gasteiger partial charge in [0.25, 0.3) is 0 Å². The molecule has 8 nitrogen and oxygen atoms in total. The van der Waals surface area contributed by atoms with Crippen LogP contribution in [0.15, 0.2) is 29.2 Å². The molecule has 1 aromatic rings. The molecule has 0 aromatic heterocycles. The van der Waals surface area contributed by atoms with Crippen LogP contribution in [-0.4, -0.2) is 75.4 Å². The molecular weight excluding hydrogens is 430 g/mol. The molecule has 0 unspecified atom stereocenters. The summed E-state index contributed by atoms with van der Waals surface area (Å²) < 4.78 is 34.1. The molecule has 1 amide bonds. The van der Waals surface area contributed by atoms with Crippen molar-refractivity contribution >= 4 is 15.9 Å². The van der Waals surface area contributed by atoms with E-state index in [-0.39, 0.29) is 23.5 Å². The summed E-state index contributed by atoms with van der Waals surface area (Å²) in [4.78, 5) is 14.7. The summed E-state index contributed by atoms with van der Waals surface area (Å²) in [5.74, 6) is 0.0499. The normalized spacial score (nSPS) is 24.9. The Morgan fingerprint density at radius 1 is 1.22 bits per heavy atom. The molecule has 3 N–H and O–H groups in total. The van der Waals surface area contributed by atoms with E-state index in [9.17, 15) is 18.3 Å². The van der Waals surface area contributed by atoms with Gasteiger partial charge in [-0.15, -0.1) is 0 Å². The smallest absolute Gasteiger partial charge is 0.240 e. The van der Waals surface area contributed by atoms with E-state index in [1.54, 1.807) is 18.2 Å². The molecule has 2 saturated heterocycles. The van der Waals surface area contributed by atoms with Crippen LogP contribution in [0.3, 0.4) is 0 Å². The van der Waals surface area contributed by atoms with Gasteiger partial charge in [0.2, 0.25) is 15.9 Å². The standard InChI is InChI=1S/C23H37N3O5S/c1-18-6-5-7-20(16-18)32(29,30)25-21-9-8-19(31-22(21)17-27)10-12-24-23(28)11-15-26-13-3-2-4-14-26/h5-7,16,19,21-22,25,27H,2-4,8-15,17H2,1H3,(H,24,28)/t19-,21-,22+/m0/s1. The number of likely N-dealkylation sites (tertiary alicyclic amines) is 1. The highest BCUT2D eigenvalue weighted by Crippen LogP contribution is 2.23. The van der Waals surface area contributed by atoms with Gasteiger partial charge in [0.05, 0.1) is 29.8 Å². The second-order valence-electron chi connectivity index (χ2n) is 8.89. The lowest BCUT2D eigenvalue weighted by Crippen LogP contribution is -2.51. The van der Waals surface area contributed by atoms with Gasteiger partial charge >= 0.3 is 0 Å². The van der Waals surface area contributed by atoms with E-state index in [4.69, 9.17) is 4.74 Å². The van der Waals surface area contributed by atoms with Crippen LogP contribution in [0.5, 0.6) is 0 Å². The van der Waals surface area contributed by atoms with Crippen molar-refractivity contribution in [2.75, 3.05) is 32.8 Å². The number of rotatable bonds is 10. The Labute approximate surface area is 191 Å². The third kappa shape index (κ3) is 7.52. The van der Waals surface area contributed by atoms with Gasteiger partial charge < -0.3 is 20.1 Å². The maximum atomic E-state index is 12.7. The topological polar surface area (TPSA) is 108 Å². The zero-order valence-electron chi connectivity index (χ0n) is 19.0. The van der Waals surface area contributed by atoms with Gasteiger partial charge in [-0.3, -0.25) is 4.79 Å². The molecule has 0 radical (unpaired) electrons. The number of piperidine rings is 1. The van der Waals surface area contributed by atoms with E-state index in [1.165, 1.54) is 19.3 Å². The lowest BCUT2D eigenvalue weighted by atomic mass is 9.98. The molecule has 0 spiro atoms. The van der Waals surface area contributed by atoms with Crippen LogP contribution in [0.25, 0.3) is 0 Å². The van der Waals surface area contributed by atoms with E-state index < -0.39 is 22.2 Å². The van der Waals surface area contributed by atoms with Crippen LogP contribution in [0.4, 0.5) is 0 Å². The predicted molar refractivity (Wildman–Crippen MR) is 123 cm³/mol. The minimum atomic E-state index is -3.69. The van der Waals surface area contributed by atoms with E-state index in [0.29, 0.717) is 32.2 Å². The Morgan fingerprint density at radius 2 is 2.00 bits per heavy atom. The van der Waals surface area contributed by atoms with Crippen molar-refractivity contribution < 1.29 is 23.1 Å². The highest BCUT2D eigenvalue weighted by atomic mass is 32.2. The Kier molecular flexibility index (Phi) is 9.48. The summed E-state index contributed by atoms with van der Waals surface area (Å²) in [5, 5.41) is 12.7. The second-order valence-corrected chi connectivity index (χ2v) is 10.6. The average Bonchev–Trinajstić information content (AvgIpc) is 2.79. The van der Waals surface area contributed by atoms with Crippen LogP contribution < -0.4 is 10.0 Å². The quantitative estimate of drug-likeness (QED) is 0.482. The Bertz CT molecular complexity index is 842. The largest absolute Gasteiger partial charge is 0.394 e. The molecule has 2 aliphatic rings. The van der Waals surface area contributed by atoms with Gasteiger partial charge in [0.1, 0.15) is 0 Å². The van der Waals surface area contributed by atoms with Crippen molar-refractivity contribution in [1.82, 2.24) is 14.9 Å². The Hall–Kier alpha value is -1.52. The number of nitrogens with zero attached hydrogens (tertiary/aromatic N) is 1. The van der Waals surface area contributed by atoms with Gasteiger partial charge in [-0.05, 0) is 69.8 Å². The van der Waals surface area contributed by atoms with Crippen molar-refractivity contribution in [2.45, 2.75) is 75.0 Å². The number of hydrogen-bond acceptors (Lipinski definition) is 6. The molecule has 1 aromatic carbocycles. The number of carbonyl (C=O) groups excluding carboxylic acids is 1. The van der Waals surface area contributed by atoms with Gasteiger partial charge in [-0.1, -0.05) is 18.6 Å². The second kappa shape index (κ2) is 12.1. The summed E-state index contributed by atoms with van der Waals surface area (Å²) >= 11 is 0. The van der Waals surface area contributed by atoms with Gasteiger partial charge in [0.15, 0.2) is 0 Å². The van der Waals surface area contributed by atoms with E-state index in [2.05, 4.69) is 14.9 Å². The lowest BCUT2D eigenvalue weighted by molar-refractivity contribution is -0.122. The minimum absolute atomic E-state index is 0.0499. The molecule has 2 fully saturated rings. The summed E-state index contributed by atoms with van der Waals surface area (Å²) in [6, 6.07) is 6.25. The molecule has 3 atom stereocenters. The maximum Gasteiger partial charge on any atom is 0.240 e. The molecule has 32 heavy (non-hydrogen) atoms. The van der Waals surface area contributed by atoms with Gasteiger partial charge in [-0.25, -0.2) is 13.1 Å². The first-order chi connectivity index (χ1) is 15.4. The summed E-state index contributed by atoms with van der Waals surface area (Å²) in [7, 11) is -3.69. The Balaban J connectivity index is 1.40. The zero-order valence-corrected chi connectivity index (χ0v) is 19.8. The van der Waals surface area contributed by atoms with Gasteiger partial charge in [0, 0.05) is 19.5 Å². The van der Waals surface area contributed by atoms with Crippen molar-refractivity contribution in [3.8, 4) is 0 Å². The maximum absolute atomic E-state index is 12.7. The minimum Gasteiger partial charge on any atom is -0.394 e. The van der Waals surface area contributed by atoms with Crippen LogP contribution in [-0.2, 0) is 19.6 Å². The van der Waals surface area contributed by atoms with E-state index in [1.807, 2.05) is 13.0 Å². The first-order valence-electron chi connectivity index (χ1n) is 11.7. The van der Waals surface area contributed by atoms with Crippen LogP contribution in [0.1, 0.15) is 50.5 Å². The molecule has 3 rings (SSSR count). The van der Waals surface area contributed by atoms with Crippen LogP contribution >= 0.6 is 0 Å². The zero-order chi connectivity index (χ0) is 23.0. The summed E-state index contributed by atoms with van der Waals surface area (Å²) in [6.45, 7) is 5.07. The molecular formula is C23H37N3O5S. The molecule has 0 aliphatic carbocycles. The van der Waals surface area contributed by atoms with E-state index in [0.717, 1.165) is 25.2 Å². The monoisotopic (exact) mass is 467 g/mol. The lowest BCUT2D eigenvalue weighted by Gasteiger charge is -2.36. The molecule has 2 heterocycles. The summed E-state index contributed by atoms with van der Waals surface area (Å²) in [5.41, 5.74) is 0.865. The van der Waals surface area contributed by atoms with Crippen molar-refractivity contribution in [3.05, 3.63) is 29.8 Å². The SMILES string of the molecule is Cc1cccc(S(=O)(=O)N[C@H]2CC[C@@H](CCNC(=O)CCN3CCCCC3)O[C@@H]2CO)c1. The number of aliphatic hydroxyl groups excluding tert-OH is 1. The number of hydrogen-bond donors (Lipinski definition) is 3. The molecule has 0 bridgehead atoms. The number of aryl methyl sites for hydroxylation is 1. The first kappa shape index (κ1) is 25.1. The third-order valence-corrected chi connectivity index (χ3v) is 7.78. The number of nitrogens with one attached hydrogen (secondary N) is 2. The number of sulfonamides is 1. The number of ether oxygens (including phenoxy) is 1. The fraction of sp³-hybridized carbons (Fsp3) is 0.696. The van der Waals surface area contributed by atoms with Gasteiger partial charge in [-0.2, -0.15) is 0 Å². The fourth-order valence-electron chi connectivity index (χ4n) is 4.43. The number of aliphatic hydroxyl groups is 1. The fourth-order valence-corrected chi connectivity index (χ4v) is 5.84.